The minimum atomic E-state index is -0.274. The summed E-state index contributed by atoms with van der Waals surface area (Å²) >= 11 is 0. The summed E-state index contributed by atoms with van der Waals surface area (Å²) in [4.78, 5) is 12.0. The SMILES string of the molecule is CC.CCOC(=O)Cc1ccccc1OCc1coc2c(OCC3CC3)cc(-c3cccc(CN)c3)cc12. The second-order valence-corrected chi connectivity index (χ2v) is 9.15. The average Bonchev–Trinajstić information content (AvgIpc) is 3.70. The molecular formula is C32H37NO5. The van der Waals surface area contributed by atoms with E-state index in [1.165, 1.54) is 12.8 Å². The van der Waals surface area contributed by atoms with Crippen molar-refractivity contribution in [2.24, 2.45) is 11.7 Å². The Labute approximate surface area is 224 Å². The number of fused-ring (bicyclic) bond motifs is 1. The van der Waals surface area contributed by atoms with Gasteiger partial charge < -0.3 is 24.4 Å². The van der Waals surface area contributed by atoms with E-state index in [1.807, 2.05) is 56.3 Å². The van der Waals surface area contributed by atoms with E-state index >= 15 is 0 Å². The van der Waals surface area contributed by atoms with Gasteiger partial charge in [-0.15, -0.1) is 0 Å². The van der Waals surface area contributed by atoms with Gasteiger partial charge in [-0.2, -0.15) is 0 Å². The number of ether oxygens (including phenoxy) is 3. The molecule has 1 aliphatic carbocycles. The van der Waals surface area contributed by atoms with Crippen molar-refractivity contribution in [2.45, 2.75) is 53.2 Å². The molecule has 200 valence electrons. The highest BCUT2D eigenvalue weighted by Gasteiger charge is 2.23. The largest absolute Gasteiger partial charge is 0.489 e. The molecule has 38 heavy (non-hydrogen) atoms. The van der Waals surface area contributed by atoms with Crippen LogP contribution in [0.1, 0.15) is 50.3 Å². The van der Waals surface area contributed by atoms with Crippen LogP contribution in [-0.2, 0) is 29.1 Å². The lowest BCUT2D eigenvalue weighted by molar-refractivity contribution is -0.142. The lowest BCUT2D eigenvalue weighted by Gasteiger charge is -2.12. The minimum Gasteiger partial charge on any atom is -0.489 e. The number of para-hydroxylation sites is 1. The van der Waals surface area contributed by atoms with Crippen LogP contribution in [0.2, 0.25) is 0 Å². The molecule has 4 aromatic rings. The van der Waals surface area contributed by atoms with Crippen molar-refractivity contribution in [3.8, 4) is 22.6 Å². The third kappa shape index (κ3) is 6.75. The van der Waals surface area contributed by atoms with E-state index in [9.17, 15) is 4.79 Å². The van der Waals surface area contributed by atoms with Crippen molar-refractivity contribution in [3.05, 3.63) is 83.6 Å². The summed E-state index contributed by atoms with van der Waals surface area (Å²) in [5.41, 5.74) is 11.5. The number of hydrogen-bond acceptors (Lipinski definition) is 6. The van der Waals surface area contributed by atoms with Crippen molar-refractivity contribution in [1.82, 2.24) is 0 Å². The summed E-state index contributed by atoms with van der Waals surface area (Å²) in [5.74, 6) is 1.74. The van der Waals surface area contributed by atoms with Crippen LogP contribution < -0.4 is 15.2 Å². The van der Waals surface area contributed by atoms with E-state index < -0.39 is 0 Å². The number of furan rings is 1. The molecule has 2 N–H and O–H groups in total. The fourth-order valence-electron chi connectivity index (χ4n) is 4.23. The fraction of sp³-hybridized carbons (Fsp3) is 0.344. The number of benzene rings is 3. The van der Waals surface area contributed by atoms with Crippen molar-refractivity contribution in [3.63, 3.8) is 0 Å². The lowest BCUT2D eigenvalue weighted by Crippen LogP contribution is -2.09. The molecule has 1 heterocycles. The van der Waals surface area contributed by atoms with Gasteiger partial charge in [0.2, 0.25) is 0 Å². The Morgan fingerprint density at radius 3 is 2.53 bits per heavy atom. The fourth-order valence-corrected chi connectivity index (χ4v) is 4.23. The monoisotopic (exact) mass is 515 g/mol. The number of esters is 1. The molecule has 1 saturated carbocycles. The summed E-state index contributed by atoms with van der Waals surface area (Å²) in [6, 6.07) is 19.9. The van der Waals surface area contributed by atoms with Crippen molar-refractivity contribution < 1.29 is 23.4 Å². The first kappa shape index (κ1) is 27.3. The van der Waals surface area contributed by atoms with E-state index in [0.29, 0.717) is 43.6 Å². The summed E-state index contributed by atoms with van der Waals surface area (Å²) in [5, 5.41) is 0.944. The Kier molecular flexibility index (Phi) is 9.44. The zero-order valence-corrected chi connectivity index (χ0v) is 22.5. The van der Waals surface area contributed by atoms with Crippen LogP contribution >= 0.6 is 0 Å². The van der Waals surface area contributed by atoms with E-state index in [1.54, 1.807) is 13.2 Å². The van der Waals surface area contributed by atoms with Gasteiger partial charge in [0.15, 0.2) is 11.3 Å². The Balaban J connectivity index is 0.00000164. The molecule has 1 aliphatic rings. The second-order valence-electron chi connectivity index (χ2n) is 9.15. The van der Waals surface area contributed by atoms with Gasteiger partial charge in [0.25, 0.3) is 0 Å². The Bertz CT molecular complexity index is 1360. The van der Waals surface area contributed by atoms with Crippen LogP contribution in [0.25, 0.3) is 22.1 Å². The predicted molar refractivity (Wildman–Crippen MR) is 150 cm³/mol. The van der Waals surface area contributed by atoms with Crippen LogP contribution in [0.3, 0.4) is 0 Å². The molecule has 6 heteroatoms. The first-order valence-electron chi connectivity index (χ1n) is 13.5. The number of carbonyl (C=O) groups is 1. The Morgan fingerprint density at radius 2 is 1.76 bits per heavy atom. The van der Waals surface area contributed by atoms with Gasteiger partial charge >= 0.3 is 5.97 Å². The topological polar surface area (TPSA) is 83.9 Å². The molecule has 0 radical (unpaired) electrons. The molecule has 6 nitrogen and oxygen atoms in total. The number of nitrogens with two attached hydrogens (primary N) is 1. The van der Waals surface area contributed by atoms with Gasteiger partial charge in [-0.1, -0.05) is 50.2 Å². The Hall–Kier alpha value is -3.77. The lowest BCUT2D eigenvalue weighted by atomic mass is 10.00. The predicted octanol–water partition coefficient (Wildman–Crippen LogP) is 7.06. The molecular weight excluding hydrogens is 478 g/mol. The van der Waals surface area contributed by atoms with Crippen LogP contribution in [0.15, 0.2) is 71.3 Å². The van der Waals surface area contributed by atoms with Crippen LogP contribution in [0.4, 0.5) is 0 Å². The summed E-state index contributed by atoms with van der Waals surface area (Å²) in [7, 11) is 0. The standard InChI is InChI=1S/C30H31NO5.C2H6/c1-2-33-29(32)15-23-7-3-4-9-27(23)35-18-25-19-36-30-26(25)13-24(14-28(30)34-17-20-10-11-20)22-8-5-6-21(12-22)16-31;1-2/h3-9,12-14,19-20H,2,10-11,15-18,31H2,1H3;1-2H3. The van der Waals surface area contributed by atoms with Gasteiger partial charge in [-0.25, -0.2) is 0 Å². The molecule has 0 atom stereocenters. The summed E-state index contributed by atoms with van der Waals surface area (Å²) in [6.45, 7) is 7.62. The van der Waals surface area contributed by atoms with Gasteiger partial charge in [-0.3, -0.25) is 4.79 Å². The highest BCUT2D eigenvalue weighted by molar-refractivity contribution is 5.91. The van der Waals surface area contributed by atoms with Gasteiger partial charge in [0.05, 0.1) is 25.9 Å². The van der Waals surface area contributed by atoms with Gasteiger partial charge in [0, 0.05) is 23.1 Å². The molecule has 5 rings (SSSR count). The quantitative estimate of drug-likeness (QED) is 0.215. The molecule has 0 aliphatic heterocycles. The molecule has 0 unspecified atom stereocenters. The molecule has 0 bridgehead atoms. The third-order valence-corrected chi connectivity index (χ3v) is 6.38. The van der Waals surface area contributed by atoms with E-state index in [4.69, 9.17) is 24.4 Å². The first-order valence-corrected chi connectivity index (χ1v) is 13.5. The molecule has 0 saturated heterocycles. The number of rotatable bonds is 11. The maximum Gasteiger partial charge on any atom is 0.310 e. The maximum atomic E-state index is 12.0. The van der Waals surface area contributed by atoms with Crippen molar-refractivity contribution in [1.29, 1.82) is 0 Å². The molecule has 0 spiro atoms. The van der Waals surface area contributed by atoms with E-state index in [2.05, 4.69) is 18.2 Å². The van der Waals surface area contributed by atoms with Crippen molar-refractivity contribution >= 4 is 16.9 Å². The zero-order valence-electron chi connectivity index (χ0n) is 22.5. The van der Waals surface area contributed by atoms with E-state index in [-0.39, 0.29) is 12.4 Å². The molecule has 1 aromatic heterocycles. The van der Waals surface area contributed by atoms with Crippen LogP contribution in [0.5, 0.6) is 11.5 Å². The average molecular weight is 516 g/mol. The molecule has 3 aromatic carbocycles. The normalized spacial score (nSPS) is 12.5. The smallest absolute Gasteiger partial charge is 0.310 e. The third-order valence-electron chi connectivity index (χ3n) is 6.38. The highest BCUT2D eigenvalue weighted by atomic mass is 16.5. The first-order chi connectivity index (χ1) is 18.6. The molecule has 0 amide bonds. The maximum absolute atomic E-state index is 12.0. The number of hydrogen-bond donors (Lipinski definition) is 1. The highest BCUT2D eigenvalue weighted by Crippen LogP contribution is 2.38. The zero-order chi connectivity index (χ0) is 26.9. The second kappa shape index (κ2) is 13.2. The minimum absolute atomic E-state index is 0.164. The molecule has 1 fully saturated rings. The summed E-state index contributed by atoms with van der Waals surface area (Å²) < 4.78 is 23.5. The Morgan fingerprint density at radius 1 is 0.947 bits per heavy atom. The van der Waals surface area contributed by atoms with Crippen molar-refractivity contribution in [2.75, 3.05) is 13.2 Å². The summed E-state index contributed by atoms with van der Waals surface area (Å²) in [6.07, 6.45) is 4.31. The van der Waals surface area contributed by atoms with Crippen LogP contribution in [-0.4, -0.2) is 19.2 Å². The van der Waals surface area contributed by atoms with Gasteiger partial charge in [0.1, 0.15) is 12.4 Å². The van der Waals surface area contributed by atoms with Gasteiger partial charge in [-0.05, 0) is 66.6 Å². The number of carbonyl (C=O) groups excluding carboxylic acids is 1. The van der Waals surface area contributed by atoms with E-state index in [0.717, 1.165) is 39.0 Å². The van der Waals surface area contributed by atoms with Crippen LogP contribution in [0, 0.1) is 5.92 Å².